The number of allylic oxidation sites excluding steroid dienone is 1. The first-order valence-corrected chi connectivity index (χ1v) is 6.60. The third-order valence-electron chi connectivity index (χ3n) is 2.92. The van der Waals surface area contributed by atoms with E-state index in [0.717, 1.165) is 17.7 Å². The zero-order valence-electron chi connectivity index (χ0n) is 12.3. The Morgan fingerprint density at radius 3 is 2.63 bits per heavy atom. The predicted octanol–water partition coefficient (Wildman–Crippen LogP) is 3.04. The van der Waals surface area contributed by atoms with Crippen LogP contribution in [0.15, 0.2) is 30.3 Å². The Labute approximate surface area is 115 Å². The number of anilines is 1. The quantitative estimate of drug-likeness (QED) is 0.790. The molecule has 0 aliphatic carbocycles. The Kier molecular flexibility index (Phi) is 5.10. The molecule has 4 nitrogen and oxygen atoms in total. The van der Waals surface area contributed by atoms with Crippen molar-refractivity contribution in [3.05, 3.63) is 41.5 Å². The number of rotatable bonds is 6. The van der Waals surface area contributed by atoms with Crippen molar-refractivity contribution in [3.63, 3.8) is 0 Å². The van der Waals surface area contributed by atoms with Crippen LogP contribution in [0.4, 0.5) is 5.69 Å². The van der Waals surface area contributed by atoms with Gasteiger partial charge in [-0.1, -0.05) is 20.1 Å². The van der Waals surface area contributed by atoms with Crippen LogP contribution >= 0.6 is 0 Å². The summed E-state index contributed by atoms with van der Waals surface area (Å²) in [6.07, 6.45) is 4.32. The highest BCUT2D eigenvalue weighted by atomic mass is 16.1. The van der Waals surface area contributed by atoms with E-state index in [4.69, 9.17) is 0 Å². The van der Waals surface area contributed by atoms with Gasteiger partial charge in [-0.15, -0.1) is 0 Å². The molecule has 19 heavy (non-hydrogen) atoms. The van der Waals surface area contributed by atoms with Gasteiger partial charge in [-0.25, -0.2) is 4.68 Å². The van der Waals surface area contributed by atoms with Gasteiger partial charge in [-0.3, -0.25) is 4.79 Å². The molecule has 0 N–H and O–H groups in total. The molecule has 0 saturated carbocycles. The molecule has 0 amide bonds. The maximum atomic E-state index is 12.4. The minimum atomic E-state index is -0.0839. The van der Waals surface area contributed by atoms with Gasteiger partial charge in [0.2, 0.25) is 0 Å². The van der Waals surface area contributed by atoms with Gasteiger partial charge in [0.05, 0.1) is 17.4 Å². The van der Waals surface area contributed by atoms with Crippen molar-refractivity contribution in [2.45, 2.75) is 46.7 Å². The number of aryl methyl sites for hydroxylation is 1. The van der Waals surface area contributed by atoms with Gasteiger partial charge in [-0.05, 0) is 39.0 Å². The SMILES string of the molecule is C=CN(c1cnn(CCC)c(=O)c1C(=C)C)C(C)C. The van der Waals surface area contributed by atoms with Crippen LogP contribution in [0.3, 0.4) is 0 Å². The molecule has 0 saturated heterocycles. The van der Waals surface area contributed by atoms with Crippen LogP contribution in [-0.2, 0) is 6.54 Å². The number of nitrogens with zero attached hydrogens (tertiary/aromatic N) is 3. The van der Waals surface area contributed by atoms with Crippen LogP contribution in [0.5, 0.6) is 0 Å². The van der Waals surface area contributed by atoms with Gasteiger partial charge < -0.3 is 4.90 Å². The van der Waals surface area contributed by atoms with Gasteiger partial charge >= 0.3 is 0 Å². The highest BCUT2D eigenvalue weighted by Crippen LogP contribution is 2.24. The van der Waals surface area contributed by atoms with E-state index in [1.807, 2.05) is 32.6 Å². The van der Waals surface area contributed by atoms with Crippen LogP contribution in [0.25, 0.3) is 5.57 Å². The first kappa shape index (κ1) is 15.2. The molecule has 104 valence electrons. The van der Waals surface area contributed by atoms with Crippen LogP contribution in [0.2, 0.25) is 0 Å². The lowest BCUT2D eigenvalue weighted by Crippen LogP contribution is -2.32. The molecular weight excluding hydrogens is 238 g/mol. The van der Waals surface area contributed by atoms with Crippen molar-refractivity contribution < 1.29 is 0 Å². The summed E-state index contributed by atoms with van der Waals surface area (Å²) in [6.45, 7) is 16.3. The molecule has 0 bridgehead atoms. The summed E-state index contributed by atoms with van der Waals surface area (Å²) in [4.78, 5) is 14.4. The van der Waals surface area contributed by atoms with E-state index in [0.29, 0.717) is 12.1 Å². The van der Waals surface area contributed by atoms with Crippen LogP contribution in [0.1, 0.15) is 39.7 Å². The summed E-state index contributed by atoms with van der Waals surface area (Å²) in [5.41, 5.74) is 2.06. The molecule has 1 aromatic rings. The molecule has 1 heterocycles. The third-order valence-corrected chi connectivity index (χ3v) is 2.92. The minimum absolute atomic E-state index is 0.0839. The molecular formula is C15H23N3O. The van der Waals surface area contributed by atoms with Crippen LogP contribution in [0, 0.1) is 0 Å². The monoisotopic (exact) mass is 261 g/mol. The second-order valence-electron chi connectivity index (χ2n) is 4.90. The molecule has 4 heteroatoms. The summed E-state index contributed by atoms with van der Waals surface area (Å²) in [7, 11) is 0. The number of hydrogen-bond donors (Lipinski definition) is 0. The van der Waals surface area contributed by atoms with Gasteiger partial charge in [0.25, 0.3) is 5.56 Å². The fourth-order valence-corrected chi connectivity index (χ4v) is 2.04. The van der Waals surface area contributed by atoms with E-state index in [9.17, 15) is 4.79 Å². The highest BCUT2D eigenvalue weighted by Gasteiger charge is 2.17. The van der Waals surface area contributed by atoms with Crippen molar-refractivity contribution >= 4 is 11.3 Å². The fourth-order valence-electron chi connectivity index (χ4n) is 2.04. The van der Waals surface area contributed by atoms with E-state index in [-0.39, 0.29) is 11.6 Å². The van der Waals surface area contributed by atoms with Gasteiger partial charge in [0, 0.05) is 12.6 Å². The average molecular weight is 261 g/mol. The minimum Gasteiger partial charge on any atom is -0.344 e. The number of hydrogen-bond acceptors (Lipinski definition) is 3. The Bertz CT molecular complexity index is 529. The fraction of sp³-hybridized carbons (Fsp3) is 0.467. The van der Waals surface area contributed by atoms with Crippen LogP contribution in [-0.4, -0.2) is 15.8 Å². The second kappa shape index (κ2) is 6.36. The molecule has 0 spiro atoms. The van der Waals surface area contributed by atoms with Crippen LogP contribution < -0.4 is 10.5 Å². The Hall–Kier alpha value is -1.84. The van der Waals surface area contributed by atoms with E-state index in [1.54, 1.807) is 12.4 Å². The molecule has 1 rings (SSSR count). The first-order valence-electron chi connectivity index (χ1n) is 6.60. The summed E-state index contributed by atoms with van der Waals surface area (Å²) >= 11 is 0. The predicted molar refractivity (Wildman–Crippen MR) is 81.3 cm³/mol. The molecule has 0 aliphatic heterocycles. The number of aromatic nitrogens is 2. The zero-order chi connectivity index (χ0) is 14.6. The molecule has 0 aromatic carbocycles. The summed E-state index contributed by atoms with van der Waals surface area (Å²) in [6, 6.07) is 0.207. The van der Waals surface area contributed by atoms with Gasteiger partial charge in [0.15, 0.2) is 0 Å². The molecule has 0 aliphatic rings. The van der Waals surface area contributed by atoms with E-state index in [1.165, 1.54) is 4.68 Å². The Morgan fingerprint density at radius 2 is 2.21 bits per heavy atom. The zero-order valence-corrected chi connectivity index (χ0v) is 12.3. The van der Waals surface area contributed by atoms with Crippen molar-refractivity contribution in [1.82, 2.24) is 9.78 Å². The summed E-state index contributed by atoms with van der Waals surface area (Å²) in [5.74, 6) is 0. The van der Waals surface area contributed by atoms with E-state index in [2.05, 4.69) is 18.3 Å². The maximum absolute atomic E-state index is 12.4. The highest BCUT2D eigenvalue weighted by molar-refractivity contribution is 5.74. The van der Waals surface area contributed by atoms with Crippen molar-refractivity contribution in [2.75, 3.05) is 4.90 Å². The van der Waals surface area contributed by atoms with E-state index < -0.39 is 0 Å². The lowest BCUT2D eigenvalue weighted by molar-refractivity contribution is 0.565. The van der Waals surface area contributed by atoms with Gasteiger partial charge in [-0.2, -0.15) is 5.10 Å². The molecule has 0 fully saturated rings. The first-order chi connectivity index (χ1) is 8.93. The lowest BCUT2D eigenvalue weighted by Gasteiger charge is -2.26. The third kappa shape index (κ3) is 3.13. The van der Waals surface area contributed by atoms with Crippen molar-refractivity contribution in [1.29, 1.82) is 0 Å². The van der Waals surface area contributed by atoms with Crippen molar-refractivity contribution in [2.24, 2.45) is 0 Å². The standard InChI is InChI=1S/C15H23N3O/c1-7-9-18-15(19)14(11(3)4)13(10-16-18)17(8-2)12(5)6/h8,10,12H,2-3,7,9H2,1,4-6H3. The normalized spacial score (nSPS) is 10.6. The molecule has 0 atom stereocenters. The Balaban J connectivity index is 3.49. The summed E-state index contributed by atoms with van der Waals surface area (Å²) in [5, 5.41) is 4.24. The molecule has 0 unspecified atom stereocenters. The molecule has 0 radical (unpaired) electrons. The van der Waals surface area contributed by atoms with Crippen molar-refractivity contribution in [3.8, 4) is 0 Å². The largest absolute Gasteiger partial charge is 0.344 e. The maximum Gasteiger partial charge on any atom is 0.276 e. The smallest absolute Gasteiger partial charge is 0.276 e. The topological polar surface area (TPSA) is 38.1 Å². The summed E-state index contributed by atoms with van der Waals surface area (Å²) < 4.78 is 1.50. The molecule has 1 aromatic heterocycles. The average Bonchev–Trinajstić information content (AvgIpc) is 2.32. The Morgan fingerprint density at radius 1 is 1.58 bits per heavy atom. The second-order valence-corrected chi connectivity index (χ2v) is 4.90. The lowest BCUT2D eigenvalue weighted by atomic mass is 10.1. The van der Waals surface area contributed by atoms with E-state index >= 15 is 0 Å². The van der Waals surface area contributed by atoms with Gasteiger partial charge in [0.1, 0.15) is 0 Å².